The number of halogens is 5. The molecule has 5 nitrogen and oxygen atoms in total. The Morgan fingerprint density at radius 1 is 0.239 bits per heavy atom. The predicted octanol–water partition coefficient (Wildman–Crippen LogP) is 27.3. The third kappa shape index (κ3) is 18.6. The van der Waals surface area contributed by atoms with Gasteiger partial charge in [0.2, 0.25) is 0 Å². The number of hydrogen-bond donors (Lipinski definition) is 0. The smallest absolute Gasteiger partial charge is 0.304 e. The van der Waals surface area contributed by atoms with Crippen molar-refractivity contribution in [3.05, 3.63) is 405 Å². The normalized spacial score (nSPS) is 10.9. The van der Waals surface area contributed by atoms with Gasteiger partial charge in [-0.05, 0) is 154 Å². The van der Waals surface area contributed by atoms with Crippen LogP contribution in [0.15, 0.2) is 346 Å². The minimum Gasteiger partial charge on any atom is -0.304 e. The largest absolute Gasteiger partial charge is 0.381 e. The molecule has 0 unspecified atom stereocenters. The molecule has 0 aliphatic carbocycles. The van der Waals surface area contributed by atoms with Crippen LogP contribution >= 0.6 is 0 Å². The van der Waals surface area contributed by atoms with Crippen LogP contribution < -0.4 is 0 Å². The van der Waals surface area contributed by atoms with Crippen LogP contribution in [0.1, 0.15) is 16.7 Å². The summed E-state index contributed by atoms with van der Waals surface area (Å²) in [4.78, 5) is 22.5. The number of benzene rings is 16. The van der Waals surface area contributed by atoms with E-state index in [2.05, 4.69) is 220 Å². The average molecular weight is 2410 g/mol. The Bertz CT molecular complexity index is 7160. The molecule has 21 rings (SSSR count). The number of hydrogen-bond acceptors (Lipinski definition) is 5. The first-order valence-corrected chi connectivity index (χ1v) is 36.5. The summed E-state index contributed by atoms with van der Waals surface area (Å²) in [5.74, 6) is -0.542. The molecule has 0 atom stereocenters. The van der Waals surface area contributed by atoms with Crippen molar-refractivity contribution < 1.29 is 122 Å². The second kappa shape index (κ2) is 38.0. The second-order valence-electron chi connectivity index (χ2n) is 27.3. The molecule has 581 valence electrons. The van der Waals surface area contributed by atoms with E-state index in [1.807, 2.05) is 128 Å². The average Bonchev–Trinajstić information content (AvgIpc) is 0.810. The summed E-state index contributed by atoms with van der Waals surface area (Å²) in [6.45, 7) is 3.91. The van der Waals surface area contributed by atoms with Gasteiger partial charge >= 0.3 is 6.18 Å². The fourth-order valence-electron chi connectivity index (χ4n) is 14.4. The minimum absolute atomic E-state index is 0. The second-order valence-corrected chi connectivity index (χ2v) is 27.3. The molecule has 0 amide bonds. The number of nitrogens with zero attached hydrogens (tertiary/aromatic N) is 5. The molecule has 0 saturated heterocycles. The van der Waals surface area contributed by atoms with Crippen molar-refractivity contribution >= 4 is 118 Å². The molecule has 0 spiro atoms. The van der Waals surface area contributed by atoms with Crippen LogP contribution in [-0.4, -0.2) is 24.9 Å². The van der Waals surface area contributed by atoms with E-state index in [0.29, 0.717) is 28.1 Å². The Morgan fingerprint density at radius 2 is 0.615 bits per heavy atom. The van der Waals surface area contributed by atoms with Crippen LogP contribution in [0.2, 0.25) is 0 Å². The van der Waals surface area contributed by atoms with Crippen LogP contribution in [0.5, 0.6) is 0 Å². The maximum Gasteiger partial charge on any atom is 0.381 e. The molecule has 21 aromatic rings. The molecule has 5 aromatic heterocycles. The van der Waals surface area contributed by atoms with Gasteiger partial charge in [-0.1, -0.05) is 254 Å². The maximum absolute atomic E-state index is 13.9. The van der Waals surface area contributed by atoms with E-state index in [9.17, 15) is 22.0 Å². The van der Waals surface area contributed by atoms with Gasteiger partial charge in [-0.2, -0.15) is 13.2 Å². The van der Waals surface area contributed by atoms with Gasteiger partial charge in [-0.15, -0.1) is 143 Å². The molecular weight excluding hydrogens is 2350 g/mol. The quantitative estimate of drug-likeness (QED) is 0.0976. The number of aromatic nitrogens is 5. The van der Waals surface area contributed by atoms with E-state index < -0.39 is 11.7 Å². The number of fused-ring (bicyclic) bond motifs is 16. The summed E-state index contributed by atoms with van der Waals surface area (Å²) >= 11 is 0. The Hall–Kier alpha value is -11.0. The maximum atomic E-state index is 13.9. The topological polar surface area (TPSA) is 64.5 Å². The van der Waals surface area contributed by atoms with Gasteiger partial charge in [-0.3, -0.25) is 8.78 Å². The van der Waals surface area contributed by atoms with Crippen molar-refractivity contribution in [3.8, 4) is 56.3 Å². The molecule has 15 heteroatoms. The van der Waals surface area contributed by atoms with Crippen LogP contribution in [-0.2, 0) is 107 Å². The molecule has 0 fully saturated rings. The minimum atomic E-state index is -4.36. The Morgan fingerprint density at radius 3 is 1.07 bits per heavy atom. The van der Waals surface area contributed by atoms with Gasteiger partial charge in [0.05, 0.1) is 0 Å². The first-order valence-electron chi connectivity index (χ1n) is 36.5. The van der Waals surface area contributed by atoms with Gasteiger partial charge in [0.15, 0.2) is 0 Å². The molecule has 117 heavy (non-hydrogen) atoms. The predicted molar refractivity (Wildman–Crippen MR) is 450 cm³/mol. The summed E-state index contributed by atoms with van der Waals surface area (Å²) in [5, 5.41) is 25.6. The van der Waals surface area contributed by atoms with Gasteiger partial charge < -0.3 is 24.9 Å². The fraction of sp³-hybridized carbons (Fsp3) is 0.0294. The summed E-state index contributed by atoms with van der Waals surface area (Å²) in [6, 6.07) is 118. The van der Waals surface area contributed by atoms with E-state index in [1.165, 1.54) is 93.8 Å². The zero-order chi connectivity index (χ0) is 76.2. The molecule has 16 aromatic carbocycles. The molecule has 0 bridgehead atoms. The molecular formula is C102H63F5Ir5N5-5. The zero-order valence-corrected chi connectivity index (χ0v) is 74.2. The standard InChI is InChI=1S/C23H14N.C20H11F3N.C20H13FN.C20H14N.C19H11FN.5Ir/c1-2-7-18-13-19(11-9-16(18)5-1)23-14-22-20(15-24-23)12-10-17-6-3-4-8-21(17)22;21-20(22,23)16-9-7-14(8-10-16)19-11-18-15(12-24-19)6-5-13-3-1-2-4-17(13)18;1-13-10-15(8-9-19(13)21)20-11-18-16(12-22-20)7-6-14-4-2-3-5-17(14)18;1-14-6-5-9-18-17(14)11-10-16-13-21-20(12-19(16)18)15-7-3-2-4-8-15;20-18-8-4-3-7-16(18)19-11-17-14(12-21-19)10-9-13-5-1-2-6-15(13)17;;;;;/h1-10,12-15H;1-7,9-12H;2-7,9-12H,1H3;2-7,9-13H,1H3;1-6,8-12H;;;;;/q5*-1;;;;;. The molecule has 0 aliphatic heterocycles. The molecule has 5 heterocycles. The monoisotopic (exact) mass is 2420 g/mol. The van der Waals surface area contributed by atoms with Gasteiger partial charge in [-0.25, -0.2) is 0 Å². The van der Waals surface area contributed by atoms with Crippen molar-refractivity contribution in [2.45, 2.75) is 20.0 Å². The van der Waals surface area contributed by atoms with Crippen LogP contribution in [0.25, 0.3) is 175 Å². The van der Waals surface area contributed by atoms with Gasteiger partial charge in [0, 0.05) is 143 Å². The van der Waals surface area contributed by atoms with Gasteiger partial charge in [0.25, 0.3) is 0 Å². The van der Waals surface area contributed by atoms with E-state index >= 15 is 0 Å². The SMILES string of the molecule is Cc1cc(-c2cc3c(ccc4ccccc43)cn2)[c-]cc1F.Cc1cccc2c1ccc1cnc(-c3[c-]cccc3)cc12.FC(F)(F)c1c[c-]c(-c2cc3c(ccc4ccccc43)cn2)cc1.Fc1ccc[c-]c1-c1cc2c(ccc3ccccc32)cn1.[Ir].[Ir].[Ir].[Ir].[Ir].[c-]1cc2ccccc2cc1-c1cc2c(ccc3ccccc32)cn1. The fourth-order valence-corrected chi connectivity index (χ4v) is 14.4. The molecule has 0 aliphatic rings. The van der Waals surface area contributed by atoms with Crippen LogP contribution in [0, 0.1) is 55.8 Å². The Balaban J connectivity index is 0.000000133. The molecule has 0 saturated carbocycles. The van der Waals surface area contributed by atoms with Crippen molar-refractivity contribution in [1.29, 1.82) is 0 Å². The third-order valence-corrected chi connectivity index (χ3v) is 20.3. The third-order valence-electron chi connectivity index (χ3n) is 20.3. The zero-order valence-electron chi connectivity index (χ0n) is 62.2. The van der Waals surface area contributed by atoms with Crippen molar-refractivity contribution in [3.63, 3.8) is 0 Å². The van der Waals surface area contributed by atoms with E-state index in [0.717, 1.165) is 94.4 Å². The Labute approximate surface area is 740 Å². The summed E-state index contributed by atoms with van der Waals surface area (Å²) in [5.41, 5.74) is 8.98. The van der Waals surface area contributed by atoms with Crippen molar-refractivity contribution in [1.82, 2.24) is 24.9 Å². The van der Waals surface area contributed by atoms with E-state index in [-0.39, 0.29) is 112 Å². The number of alkyl halides is 3. The molecule has 0 N–H and O–H groups in total. The van der Waals surface area contributed by atoms with Crippen LogP contribution in [0.4, 0.5) is 22.0 Å². The first-order chi connectivity index (χ1) is 54.8. The molecule has 5 radical (unpaired) electrons. The van der Waals surface area contributed by atoms with Crippen molar-refractivity contribution in [2.24, 2.45) is 0 Å². The van der Waals surface area contributed by atoms with E-state index in [4.69, 9.17) is 0 Å². The first kappa shape index (κ1) is 85.4. The number of pyridine rings is 5. The van der Waals surface area contributed by atoms with Crippen molar-refractivity contribution in [2.75, 3.05) is 0 Å². The number of rotatable bonds is 5. The van der Waals surface area contributed by atoms with E-state index in [1.54, 1.807) is 37.5 Å². The summed E-state index contributed by atoms with van der Waals surface area (Å²) < 4.78 is 65.3. The van der Waals surface area contributed by atoms with Crippen LogP contribution in [0.3, 0.4) is 0 Å². The Kier molecular flexibility index (Phi) is 27.7. The summed E-state index contributed by atoms with van der Waals surface area (Å²) in [7, 11) is 0. The van der Waals surface area contributed by atoms with Gasteiger partial charge in [0.1, 0.15) is 0 Å². The number of aryl methyl sites for hydroxylation is 2. The summed E-state index contributed by atoms with van der Waals surface area (Å²) in [6.07, 6.45) is 4.94.